The third kappa shape index (κ3) is 5.39. The van der Waals surface area contributed by atoms with Gasteiger partial charge in [0.25, 0.3) is 5.56 Å². The van der Waals surface area contributed by atoms with E-state index in [1.165, 1.54) is 6.20 Å². The Morgan fingerprint density at radius 2 is 1.85 bits per heavy atom. The summed E-state index contributed by atoms with van der Waals surface area (Å²) >= 11 is 0. The standard InChI is InChI=1S/C29H25N7O3S/c1-18(34-27-21(15-30)16-33-29(31)35-27)25-14-20-7-6-10-24(19-11-12-32-22(13-19)17-40(2,38)39)26(20)28(37)36(25)23-8-4-3-5-9-23/h3-14,16,18H,17H2,1-2H3,(H3,31,33,34,35)/t18-/m0/s1. The normalized spacial score (nSPS) is 12.1. The fourth-order valence-electron chi connectivity index (χ4n) is 4.64. The molecule has 0 fully saturated rings. The minimum absolute atomic E-state index is 0.0184. The van der Waals surface area contributed by atoms with Crippen LogP contribution in [0.1, 0.15) is 29.9 Å². The van der Waals surface area contributed by atoms with E-state index < -0.39 is 15.9 Å². The van der Waals surface area contributed by atoms with E-state index in [0.29, 0.717) is 39.0 Å². The number of hydrogen-bond donors (Lipinski definition) is 2. The van der Waals surface area contributed by atoms with Gasteiger partial charge >= 0.3 is 0 Å². The Bertz CT molecular complexity index is 1950. The van der Waals surface area contributed by atoms with Crippen LogP contribution < -0.4 is 16.6 Å². The SMILES string of the molecule is C[C@H](Nc1nc(N)ncc1C#N)c1cc2cccc(-c3ccnc(CS(C)(=O)=O)c3)c2c(=O)n1-c1ccccc1. The van der Waals surface area contributed by atoms with Gasteiger partial charge in [0.2, 0.25) is 5.95 Å². The number of fused-ring (bicyclic) bond motifs is 1. The molecule has 0 aliphatic heterocycles. The second-order valence-corrected chi connectivity index (χ2v) is 11.5. The van der Waals surface area contributed by atoms with Gasteiger partial charge in [-0.2, -0.15) is 10.2 Å². The van der Waals surface area contributed by atoms with E-state index in [1.54, 1.807) is 22.9 Å². The van der Waals surface area contributed by atoms with Crippen molar-refractivity contribution in [2.45, 2.75) is 18.7 Å². The lowest BCUT2D eigenvalue weighted by molar-refractivity contribution is 0.600. The zero-order valence-corrected chi connectivity index (χ0v) is 22.6. The van der Waals surface area contributed by atoms with Crippen LogP contribution in [-0.2, 0) is 15.6 Å². The lowest BCUT2D eigenvalue weighted by Crippen LogP contribution is -2.26. The molecule has 0 radical (unpaired) electrons. The molecule has 10 nitrogen and oxygen atoms in total. The summed E-state index contributed by atoms with van der Waals surface area (Å²) in [4.78, 5) is 26.6. The van der Waals surface area contributed by atoms with Gasteiger partial charge in [-0.3, -0.25) is 14.3 Å². The zero-order chi connectivity index (χ0) is 28.4. The Labute approximate surface area is 230 Å². The zero-order valence-electron chi connectivity index (χ0n) is 21.7. The van der Waals surface area contributed by atoms with E-state index in [1.807, 2.05) is 61.5 Å². The highest BCUT2D eigenvalue weighted by atomic mass is 32.2. The molecule has 0 aliphatic carbocycles. The first-order valence-corrected chi connectivity index (χ1v) is 14.4. The number of pyridine rings is 2. The van der Waals surface area contributed by atoms with Crippen LogP contribution in [0, 0.1) is 11.3 Å². The topological polar surface area (TPSA) is 157 Å². The Morgan fingerprint density at radius 3 is 2.58 bits per heavy atom. The van der Waals surface area contributed by atoms with Gasteiger partial charge in [0.15, 0.2) is 9.84 Å². The molecule has 0 amide bonds. The maximum atomic E-state index is 14.3. The molecule has 0 bridgehead atoms. The van der Waals surface area contributed by atoms with Crippen molar-refractivity contribution in [3.05, 3.63) is 106 Å². The Kier molecular flexibility index (Phi) is 7.02. The lowest BCUT2D eigenvalue weighted by atomic mass is 9.98. The van der Waals surface area contributed by atoms with Gasteiger partial charge in [-0.1, -0.05) is 36.4 Å². The monoisotopic (exact) mass is 551 g/mol. The largest absolute Gasteiger partial charge is 0.368 e. The van der Waals surface area contributed by atoms with Crippen LogP contribution in [0.25, 0.3) is 27.6 Å². The van der Waals surface area contributed by atoms with Gasteiger partial charge in [-0.05, 0) is 53.8 Å². The van der Waals surface area contributed by atoms with Crippen molar-refractivity contribution < 1.29 is 8.42 Å². The number of benzene rings is 2. The van der Waals surface area contributed by atoms with Crippen molar-refractivity contribution in [2.24, 2.45) is 0 Å². The van der Waals surface area contributed by atoms with Crippen LogP contribution in [0.2, 0.25) is 0 Å². The second-order valence-electron chi connectivity index (χ2n) is 9.39. The molecule has 3 N–H and O–H groups in total. The van der Waals surface area contributed by atoms with Crippen LogP contribution in [0.4, 0.5) is 11.8 Å². The number of anilines is 2. The highest BCUT2D eigenvalue weighted by Crippen LogP contribution is 2.30. The van der Waals surface area contributed by atoms with Crippen LogP contribution >= 0.6 is 0 Å². The average Bonchev–Trinajstić information content (AvgIpc) is 2.92. The van der Waals surface area contributed by atoms with Crippen molar-refractivity contribution in [1.29, 1.82) is 5.26 Å². The molecule has 3 aromatic heterocycles. The summed E-state index contributed by atoms with van der Waals surface area (Å²) in [5.41, 5.74) is 8.76. The third-order valence-corrected chi connectivity index (χ3v) is 7.17. The second kappa shape index (κ2) is 10.6. The summed E-state index contributed by atoms with van der Waals surface area (Å²) in [5, 5.41) is 13.9. The van der Waals surface area contributed by atoms with Crippen molar-refractivity contribution >= 4 is 32.4 Å². The predicted molar refractivity (Wildman–Crippen MR) is 155 cm³/mol. The Morgan fingerprint density at radius 1 is 1.07 bits per heavy atom. The maximum absolute atomic E-state index is 14.3. The molecule has 1 atom stereocenters. The molecule has 0 saturated heterocycles. The Hall–Kier alpha value is -5.08. The highest BCUT2D eigenvalue weighted by molar-refractivity contribution is 7.89. The number of nitriles is 1. The lowest BCUT2D eigenvalue weighted by Gasteiger charge is -2.22. The van der Waals surface area contributed by atoms with E-state index in [9.17, 15) is 18.5 Å². The maximum Gasteiger partial charge on any atom is 0.263 e. The predicted octanol–water partition coefficient (Wildman–Crippen LogP) is 4.01. The summed E-state index contributed by atoms with van der Waals surface area (Å²) in [6.07, 6.45) is 4.05. The van der Waals surface area contributed by atoms with Crippen LogP contribution in [0.5, 0.6) is 0 Å². The average molecular weight is 552 g/mol. The summed E-state index contributed by atoms with van der Waals surface area (Å²) in [6.45, 7) is 1.86. The molecule has 11 heteroatoms. The van der Waals surface area contributed by atoms with Crippen LogP contribution in [0.15, 0.2) is 83.9 Å². The van der Waals surface area contributed by atoms with E-state index >= 15 is 0 Å². The molecule has 5 rings (SSSR count). The minimum atomic E-state index is -3.29. The number of rotatable bonds is 7. The van der Waals surface area contributed by atoms with Gasteiger partial charge < -0.3 is 11.1 Å². The third-order valence-electron chi connectivity index (χ3n) is 6.35. The van der Waals surface area contributed by atoms with Crippen molar-refractivity contribution in [3.63, 3.8) is 0 Å². The number of hydrogen-bond acceptors (Lipinski definition) is 9. The van der Waals surface area contributed by atoms with E-state index in [2.05, 4.69) is 26.3 Å². The minimum Gasteiger partial charge on any atom is -0.368 e. The van der Waals surface area contributed by atoms with Crippen molar-refractivity contribution in [1.82, 2.24) is 19.5 Å². The first-order valence-electron chi connectivity index (χ1n) is 12.3. The number of nitrogen functional groups attached to an aromatic ring is 1. The molecule has 200 valence electrons. The number of aromatic nitrogens is 4. The van der Waals surface area contributed by atoms with E-state index in [-0.39, 0.29) is 28.6 Å². The molecular weight excluding hydrogens is 526 g/mol. The number of para-hydroxylation sites is 1. The van der Waals surface area contributed by atoms with Gasteiger partial charge in [-0.15, -0.1) is 0 Å². The molecule has 0 aliphatic rings. The molecule has 2 aromatic carbocycles. The summed E-state index contributed by atoms with van der Waals surface area (Å²) in [6, 6.07) is 21.7. The smallest absolute Gasteiger partial charge is 0.263 e. The molecule has 40 heavy (non-hydrogen) atoms. The Balaban J connectivity index is 1.72. The first-order chi connectivity index (χ1) is 19.1. The van der Waals surface area contributed by atoms with E-state index in [4.69, 9.17) is 5.73 Å². The highest BCUT2D eigenvalue weighted by Gasteiger charge is 2.20. The van der Waals surface area contributed by atoms with Gasteiger partial charge in [0, 0.05) is 23.8 Å². The molecule has 0 unspecified atom stereocenters. The number of sulfone groups is 1. The fraction of sp³-hybridized carbons (Fsp3) is 0.138. The molecule has 3 heterocycles. The van der Waals surface area contributed by atoms with Gasteiger partial charge in [0.05, 0.1) is 29.1 Å². The van der Waals surface area contributed by atoms with Crippen LogP contribution in [-0.4, -0.2) is 34.2 Å². The van der Waals surface area contributed by atoms with Gasteiger partial charge in [-0.25, -0.2) is 13.4 Å². The quantitative estimate of drug-likeness (QED) is 0.305. The van der Waals surface area contributed by atoms with Crippen LogP contribution in [0.3, 0.4) is 0 Å². The fourth-order valence-corrected chi connectivity index (χ4v) is 5.34. The number of nitrogens with zero attached hydrogens (tertiary/aromatic N) is 5. The first kappa shape index (κ1) is 26.5. The molecule has 0 saturated carbocycles. The molecular formula is C29H25N7O3S. The molecule has 0 spiro atoms. The number of nitrogens with one attached hydrogen (secondary N) is 1. The van der Waals surface area contributed by atoms with E-state index in [0.717, 1.165) is 6.26 Å². The summed E-state index contributed by atoms with van der Waals surface area (Å²) in [7, 11) is -3.29. The summed E-state index contributed by atoms with van der Waals surface area (Å²) < 4.78 is 25.4. The van der Waals surface area contributed by atoms with Gasteiger partial charge in [0.1, 0.15) is 17.5 Å². The summed E-state index contributed by atoms with van der Waals surface area (Å²) in [5.74, 6) is 0.0781. The number of nitrogens with two attached hydrogens (primary N) is 1. The molecule has 5 aromatic rings. The van der Waals surface area contributed by atoms with Crippen molar-refractivity contribution in [3.8, 4) is 22.9 Å². The van der Waals surface area contributed by atoms with Crippen molar-refractivity contribution in [2.75, 3.05) is 17.3 Å².